The minimum absolute atomic E-state index is 0.100. The molecule has 11 heteroatoms. The van der Waals surface area contributed by atoms with Gasteiger partial charge in [0.05, 0.1) is 11.7 Å². The van der Waals surface area contributed by atoms with Crippen LogP contribution in [0.3, 0.4) is 0 Å². The molecular formula is C23H31N7O4. The minimum Gasteiger partial charge on any atom is -0.385 e. The number of hydrogen-bond donors (Lipinski definition) is 3. The van der Waals surface area contributed by atoms with E-state index in [0.29, 0.717) is 31.4 Å². The van der Waals surface area contributed by atoms with Crippen molar-refractivity contribution < 1.29 is 19.2 Å². The summed E-state index contributed by atoms with van der Waals surface area (Å²) in [4.78, 5) is 64.0. The third kappa shape index (κ3) is 3.33. The Kier molecular flexibility index (Phi) is 6.05. The van der Waals surface area contributed by atoms with Crippen LogP contribution in [0.1, 0.15) is 64.0 Å². The molecule has 2 heterocycles. The van der Waals surface area contributed by atoms with Crippen molar-refractivity contribution in [3.8, 4) is 0 Å². The number of imide groups is 2. The smallest absolute Gasteiger partial charge is 0.334 e. The van der Waals surface area contributed by atoms with Gasteiger partial charge in [0.2, 0.25) is 5.91 Å². The van der Waals surface area contributed by atoms with Crippen molar-refractivity contribution >= 4 is 23.8 Å². The number of barbiturate groups is 1. The van der Waals surface area contributed by atoms with Gasteiger partial charge in [0.1, 0.15) is 16.8 Å². The van der Waals surface area contributed by atoms with Gasteiger partial charge in [0.15, 0.2) is 0 Å². The molecule has 2 atom stereocenters. The summed E-state index contributed by atoms with van der Waals surface area (Å²) in [6.45, 7) is 2.02. The van der Waals surface area contributed by atoms with E-state index in [9.17, 15) is 19.2 Å². The molecule has 11 nitrogen and oxygen atoms in total. The van der Waals surface area contributed by atoms with Crippen LogP contribution in [-0.4, -0.2) is 56.1 Å². The lowest BCUT2D eigenvalue weighted by atomic mass is 9.43. The minimum atomic E-state index is -1.43. The van der Waals surface area contributed by atoms with E-state index in [1.54, 1.807) is 0 Å². The molecule has 2 unspecified atom stereocenters. The first-order valence-electron chi connectivity index (χ1n) is 11.7. The van der Waals surface area contributed by atoms with Crippen LogP contribution in [0.4, 0.5) is 4.79 Å². The van der Waals surface area contributed by atoms with Crippen molar-refractivity contribution in [2.24, 2.45) is 22.6 Å². The van der Waals surface area contributed by atoms with Gasteiger partial charge in [0.25, 0.3) is 11.8 Å². The molecule has 0 bridgehead atoms. The monoisotopic (exact) mass is 469 g/mol. The van der Waals surface area contributed by atoms with Crippen LogP contribution in [0.15, 0.2) is 30.0 Å². The molecule has 2 aliphatic carbocycles. The molecule has 1 spiro atoms. The van der Waals surface area contributed by atoms with E-state index in [1.807, 2.05) is 6.92 Å². The summed E-state index contributed by atoms with van der Waals surface area (Å²) in [6, 6.07) is -1.71. The van der Waals surface area contributed by atoms with Gasteiger partial charge < -0.3 is 17.2 Å². The number of amides is 5. The Labute approximate surface area is 197 Å². The van der Waals surface area contributed by atoms with E-state index in [4.69, 9.17) is 17.2 Å². The summed E-state index contributed by atoms with van der Waals surface area (Å²) in [6.07, 6.45) is 10.2. The summed E-state index contributed by atoms with van der Waals surface area (Å²) in [5.74, 6) is -2.87. The van der Waals surface area contributed by atoms with Crippen molar-refractivity contribution in [3.05, 3.63) is 35.7 Å². The zero-order valence-corrected chi connectivity index (χ0v) is 19.3. The summed E-state index contributed by atoms with van der Waals surface area (Å²) >= 11 is 0. The number of hydrogen-bond acceptors (Lipinski definition) is 8. The third-order valence-electron chi connectivity index (χ3n) is 7.60. The number of unbranched alkanes of at least 4 members (excludes halogenated alkanes) is 1. The van der Waals surface area contributed by atoms with E-state index in [2.05, 4.69) is 9.97 Å². The predicted octanol–water partition coefficient (Wildman–Crippen LogP) is 0.642. The summed E-state index contributed by atoms with van der Waals surface area (Å²) in [7, 11) is 0. The van der Waals surface area contributed by atoms with E-state index in [1.165, 1.54) is 18.6 Å². The molecule has 34 heavy (non-hydrogen) atoms. The van der Waals surface area contributed by atoms with E-state index in [-0.39, 0.29) is 6.54 Å². The molecule has 2 saturated carbocycles. The molecule has 5 amide bonds. The summed E-state index contributed by atoms with van der Waals surface area (Å²) < 4.78 is 0. The molecule has 3 fully saturated rings. The second-order valence-corrected chi connectivity index (χ2v) is 9.53. The second kappa shape index (κ2) is 8.69. The van der Waals surface area contributed by atoms with E-state index in [0.717, 1.165) is 35.5 Å². The molecule has 4 rings (SSSR count). The number of carbonyl (C=O) groups excluding carboxylic acids is 4. The largest absolute Gasteiger partial charge is 0.385 e. The third-order valence-corrected chi connectivity index (χ3v) is 7.60. The highest BCUT2D eigenvalue weighted by Gasteiger charge is 2.72. The molecule has 1 saturated heterocycles. The maximum Gasteiger partial charge on any atom is 0.334 e. The number of nitrogens with zero attached hydrogens (tertiary/aromatic N) is 4. The first kappa shape index (κ1) is 23.7. The lowest BCUT2D eigenvalue weighted by Gasteiger charge is -2.65. The number of carbonyl (C=O) groups is 4. The standard InChI is InChI=1S/C23H31N7O4/c1-2-3-11-29-17(31)15(16(24)25)18(32)30(21(29)34)19-22(7-5-4-6-8-22)13-23(19,20(26)33)14-12-27-9-10-28-14/h9-10,12,19H,2-8,11,13,24-25H2,1H3,(H2,26,33). The predicted molar refractivity (Wildman–Crippen MR) is 121 cm³/mol. The highest BCUT2D eigenvalue weighted by atomic mass is 16.2. The van der Waals surface area contributed by atoms with Crippen molar-refractivity contribution in [2.75, 3.05) is 6.54 Å². The van der Waals surface area contributed by atoms with Gasteiger partial charge >= 0.3 is 6.03 Å². The van der Waals surface area contributed by atoms with Gasteiger partial charge in [-0.25, -0.2) is 4.79 Å². The first-order valence-corrected chi connectivity index (χ1v) is 11.7. The SMILES string of the molecule is CCCCN1C(=O)C(=C(N)N)C(=O)N(C2C3(CCCCC3)CC2(C(N)=O)c2cnccn2)C1=O. The molecule has 0 aromatic carbocycles. The zero-order valence-electron chi connectivity index (χ0n) is 19.3. The van der Waals surface area contributed by atoms with Crippen molar-refractivity contribution in [1.82, 2.24) is 19.8 Å². The number of primary amides is 1. The van der Waals surface area contributed by atoms with Gasteiger partial charge in [-0.2, -0.15) is 0 Å². The molecule has 1 aliphatic heterocycles. The Morgan fingerprint density at radius 3 is 2.35 bits per heavy atom. The topological polar surface area (TPSA) is 179 Å². The van der Waals surface area contributed by atoms with Gasteiger partial charge in [-0.3, -0.25) is 34.2 Å². The lowest BCUT2D eigenvalue weighted by molar-refractivity contribution is -0.164. The van der Waals surface area contributed by atoms with Gasteiger partial charge in [0, 0.05) is 25.1 Å². The Morgan fingerprint density at radius 2 is 1.79 bits per heavy atom. The van der Waals surface area contributed by atoms with Crippen LogP contribution >= 0.6 is 0 Å². The Hall–Kier alpha value is -3.50. The number of rotatable bonds is 6. The molecule has 1 aromatic rings. The molecular weight excluding hydrogens is 438 g/mol. The number of aromatic nitrogens is 2. The fraction of sp³-hybridized carbons (Fsp3) is 0.565. The summed E-state index contributed by atoms with van der Waals surface area (Å²) in [5, 5.41) is 0. The Balaban J connectivity index is 1.90. The van der Waals surface area contributed by atoms with Crippen LogP contribution < -0.4 is 17.2 Å². The van der Waals surface area contributed by atoms with Crippen LogP contribution in [0.2, 0.25) is 0 Å². The number of nitrogens with two attached hydrogens (primary N) is 3. The van der Waals surface area contributed by atoms with Crippen LogP contribution in [0.25, 0.3) is 0 Å². The quantitative estimate of drug-likeness (QED) is 0.401. The Morgan fingerprint density at radius 1 is 1.09 bits per heavy atom. The molecule has 6 N–H and O–H groups in total. The fourth-order valence-electron chi connectivity index (χ4n) is 6.09. The molecule has 1 aromatic heterocycles. The highest BCUT2D eigenvalue weighted by Crippen LogP contribution is 2.64. The molecule has 0 radical (unpaired) electrons. The maximum atomic E-state index is 13.7. The second-order valence-electron chi connectivity index (χ2n) is 9.53. The van der Waals surface area contributed by atoms with Crippen molar-refractivity contribution in [2.45, 2.75) is 69.7 Å². The van der Waals surface area contributed by atoms with Gasteiger partial charge in [-0.1, -0.05) is 32.6 Å². The van der Waals surface area contributed by atoms with Gasteiger partial charge in [-0.15, -0.1) is 0 Å². The maximum absolute atomic E-state index is 13.7. The van der Waals surface area contributed by atoms with Crippen molar-refractivity contribution in [1.29, 1.82) is 0 Å². The number of urea groups is 1. The van der Waals surface area contributed by atoms with Crippen LogP contribution in [0, 0.1) is 5.41 Å². The Bertz CT molecular complexity index is 1050. The molecule has 3 aliphatic rings. The molecule has 182 valence electrons. The summed E-state index contributed by atoms with van der Waals surface area (Å²) in [5.41, 5.74) is 15.4. The van der Waals surface area contributed by atoms with Crippen LogP contribution in [-0.2, 0) is 19.8 Å². The highest BCUT2D eigenvalue weighted by molar-refractivity contribution is 6.29. The lowest BCUT2D eigenvalue weighted by Crippen LogP contribution is -2.78. The fourth-order valence-corrected chi connectivity index (χ4v) is 6.09. The van der Waals surface area contributed by atoms with Crippen LogP contribution in [0.5, 0.6) is 0 Å². The van der Waals surface area contributed by atoms with Crippen molar-refractivity contribution in [3.63, 3.8) is 0 Å². The first-order chi connectivity index (χ1) is 16.2. The zero-order chi connectivity index (χ0) is 24.7. The van der Waals surface area contributed by atoms with Gasteiger partial charge in [-0.05, 0) is 31.1 Å². The normalized spacial score (nSPS) is 26.6. The average Bonchev–Trinajstić information content (AvgIpc) is 2.81. The van der Waals surface area contributed by atoms with E-state index < -0.39 is 52.0 Å². The van der Waals surface area contributed by atoms with E-state index >= 15 is 0 Å². The average molecular weight is 470 g/mol.